The molecule has 0 fully saturated rings. The number of benzene rings is 2. The summed E-state index contributed by atoms with van der Waals surface area (Å²) < 4.78 is 0. The minimum atomic E-state index is 0.238. The normalized spacial score (nSPS) is 12.6. The molecular weight excluding hydrogens is 410 g/mol. The summed E-state index contributed by atoms with van der Waals surface area (Å²) in [6.45, 7) is 10.7. The molecule has 0 saturated heterocycles. The molecule has 0 aliphatic carbocycles. The topological polar surface area (TPSA) is 29.4 Å². The molecule has 2 aromatic rings. The number of rotatable bonds is 13. The Balaban J connectivity index is 1.99. The average Bonchev–Trinajstić information content (AvgIpc) is 2.80. The predicted octanol–water partition coefficient (Wildman–Crippen LogP) is 8.23. The van der Waals surface area contributed by atoms with E-state index in [1.807, 2.05) is 31.2 Å². The summed E-state index contributed by atoms with van der Waals surface area (Å²) in [5, 5.41) is 1.16. The first-order chi connectivity index (χ1) is 15.5. The minimum Gasteiger partial charge on any atom is -0.294 e. The molecule has 0 N–H and O–H groups in total. The van der Waals surface area contributed by atoms with Crippen molar-refractivity contribution in [3.63, 3.8) is 0 Å². The van der Waals surface area contributed by atoms with E-state index in [2.05, 4.69) is 50.9 Å². The molecule has 0 saturated carbocycles. The van der Waals surface area contributed by atoms with Crippen molar-refractivity contribution in [2.75, 3.05) is 6.26 Å². The number of unbranched alkanes of at least 4 members (excludes halogenated alkanes) is 1. The number of aryl methyl sites for hydroxylation is 2. The highest BCUT2D eigenvalue weighted by Gasteiger charge is 2.17. The van der Waals surface area contributed by atoms with Gasteiger partial charge in [-0.25, -0.2) is 0 Å². The quantitative estimate of drug-likeness (QED) is 0.175. The van der Waals surface area contributed by atoms with E-state index < -0.39 is 0 Å². The van der Waals surface area contributed by atoms with Gasteiger partial charge in [-0.2, -0.15) is 0 Å². The molecule has 172 valence electrons. The molecule has 1 unspecified atom stereocenters. The van der Waals surface area contributed by atoms with Crippen molar-refractivity contribution in [1.82, 2.24) is 0 Å². The van der Waals surface area contributed by atoms with Crippen molar-refractivity contribution in [3.05, 3.63) is 83.1 Å². The van der Waals surface area contributed by atoms with Crippen molar-refractivity contribution in [3.8, 4) is 0 Å². The summed E-state index contributed by atoms with van der Waals surface area (Å²) in [7, 11) is 0. The van der Waals surface area contributed by atoms with Crippen LogP contribution >= 0.6 is 11.8 Å². The summed E-state index contributed by atoms with van der Waals surface area (Å²) in [5.41, 5.74) is 5.53. The number of aliphatic imine (C=N–C) groups is 1. The Labute approximate surface area is 199 Å². The van der Waals surface area contributed by atoms with E-state index in [1.54, 1.807) is 11.8 Å². The fourth-order valence-electron chi connectivity index (χ4n) is 3.86. The molecule has 32 heavy (non-hydrogen) atoms. The molecule has 0 radical (unpaired) electrons. The van der Waals surface area contributed by atoms with Gasteiger partial charge in [0.25, 0.3) is 0 Å². The Hall–Kier alpha value is -2.13. The fourth-order valence-corrected chi connectivity index (χ4v) is 4.65. The van der Waals surface area contributed by atoms with Crippen LogP contribution in [0.3, 0.4) is 0 Å². The number of Topliss-reactive ketones (excluding diaryl/α,β-unsaturated/α-hetero) is 1. The van der Waals surface area contributed by atoms with E-state index in [1.165, 1.54) is 29.5 Å². The van der Waals surface area contributed by atoms with Gasteiger partial charge in [0.05, 0.1) is 5.04 Å². The maximum atomic E-state index is 12.6. The van der Waals surface area contributed by atoms with Crippen LogP contribution in [-0.2, 0) is 12.8 Å². The molecule has 0 heterocycles. The van der Waals surface area contributed by atoms with Crippen LogP contribution < -0.4 is 0 Å². The molecule has 2 nitrogen and oxygen atoms in total. The number of hydrogen-bond acceptors (Lipinski definition) is 3. The molecule has 3 heteroatoms. The highest BCUT2D eigenvalue weighted by Crippen LogP contribution is 2.25. The van der Waals surface area contributed by atoms with E-state index >= 15 is 0 Å². The van der Waals surface area contributed by atoms with Crippen LogP contribution in [0.5, 0.6) is 0 Å². The number of carbonyl (C=O) groups excluding carboxylic acids is 1. The first-order valence-corrected chi connectivity index (χ1v) is 13.2. The van der Waals surface area contributed by atoms with Crippen molar-refractivity contribution in [1.29, 1.82) is 0 Å². The van der Waals surface area contributed by atoms with Gasteiger partial charge in [-0.3, -0.25) is 9.79 Å². The second-order valence-corrected chi connectivity index (χ2v) is 9.41. The molecule has 0 aromatic heterocycles. The van der Waals surface area contributed by atoms with Gasteiger partial charge in [-0.05, 0) is 50.0 Å². The highest BCUT2D eigenvalue weighted by molar-refractivity contribution is 8.13. The van der Waals surface area contributed by atoms with Crippen molar-refractivity contribution >= 4 is 22.6 Å². The zero-order valence-electron chi connectivity index (χ0n) is 20.3. The van der Waals surface area contributed by atoms with Gasteiger partial charge in [-0.1, -0.05) is 87.4 Å². The van der Waals surface area contributed by atoms with Gasteiger partial charge in [0.15, 0.2) is 5.78 Å². The molecule has 1 atom stereocenters. The Kier molecular flexibility index (Phi) is 11.5. The largest absolute Gasteiger partial charge is 0.294 e. The molecule has 2 aromatic carbocycles. The number of thioether (sulfide) groups is 1. The molecule has 0 aliphatic rings. The van der Waals surface area contributed by atoms with Crippen LogP contribution in [0.1, 0.15) is 79.4 Å². The first kappa shape index (κ1) is 26.1. The predicted molar refractivity (Wildman–Crippen MR) is 142 cm³/mol. The second-order valence-electron chi connectivity index (χ2n) is 8.59. The zero-order valence-corrected chi connectivity index (χ0v) is 21.1. The van der Waals surface area contributed by atoms with Gasteiger partial charge in [0, 0.05) is 30.0 Å². The lowest BCUT2D eigenvalue weighted by Crippen LogP contribution is -2.13. The average molecular weight is 450 g/mol. The lowest BCUT2D eigenvalue weighted by molar-refractivity contribution is 0.0978. The lowest BCUT2D eigenvalue weighted by Gasteiger charge is -2.18. The van der Waals surface area contributed by atoms with E-state index in [0.29, 0.717) is 12.3 Å². The lowest BCUT2D eigenvalue weighted by atomic mass is 9.95. The van der Waals surface area contributed by atoms with Crippen LogP contribution in [-0.4, -0.2) is 17.1 Å². The zero-order chi connectivity index (χ0) is 23.3. The minimum absolute atomic E-state index is 0.238. The monoisotopic (exact) mass is 449 g/mol. The van der Waals surface area contributed by atoms with E-state index in [-0.39, 0.29) is 5.78 Å². The third kappa shape index (κ3) is 8.78. The third-order valence-electron chi connectivity index (χ3n) is 5.90. The fraction of sp³-hybridized carbons (Fsp3) is 0.448. The van der Waals surface area contributed by atoms with Gasteiger partial charge >= 0.3 is 0 Å². The van der Waals surface area contributed by atoms with Gasteiger partial charge in [0.2, 0.25) is 0 Å². The number of allylic oxidation sites excluding steroid dienone is 1. The Morgan fingerprint density at radius 2 is 1.59 bits per heavy atom. The van der Waals surface area contributed by atoms with Crippen molar-refractivity contribution < 1.29 is 4.79 Å². The van der Waals surface area contributed by atoms with Gasteiger partial charge < -0.3 is 0 Å². The Morgan fingerprint density at radius 1 is 0.969 bits per heavy atom. The summed E-state index contributed by atoms with van der Waals surface area (Å²) in [6.07, 6.45) is 9.90. The summed E-state index contributed by atoms with van der Waals surface area (Å²) in [4.78, 5) is 17.5. The van der Waals surface area contributed by atoms with E-state index in [4.69, 9.17) is 4.99 Å². The van der Waals surface area contributed by atoms with Gasteiger partial charge in [0.1, 0.15) is 0 Å². The molecule has 2 rings (SSSR count). The van der Waals surface area contributed by atoms with Crippen LogP contribution in [0.4, 0.5) is 0 Å². The van der Waals surface area contributed by atoms with Crippen LogP contribution in [0.25, 0.3) is 0 Å². The number of ketones is 1. The van der Waals surface area contributed by atoms with Crippen molar-refractivity contribution in [2.45, 2.75) is 72.1 Å². The molecule has 0 amide bonds. The Bertz CT molecular complexity index is 880. The summed E-state index contributed by atoms with van der Waals surface area (Å²) in [5.74, 6) is 0.636. The van der Waals surface area contributed by atoms with Crippen LogP contribution in [0, 0.1) is 12.8 Å². The van der Waals surface area contributed by atoms with E-state index in [9.17, 15) is 4.79 Å². The molecule has 0 spiro atoms. The first-order valence-electron chi connectivity index (χ1n) is 11.9. The summed E-state index contributed by atoms with van der Waals surface area (Å²) in [6, 6.07) is 16.7. The standard InChI is InChI=1S/C29H39NOS/c1-6-8-10-27(11-9-12-28(31)26-19-13-22(3)14-20-26)29(32-5)30-23(4)21-25-17-15-24(7-2)16-18-25/h13-20,27H,4,6-12,21H2,1-3,5H3. The second kappa shape index (κ2) is 14.1. The van der Waals surface area contributed by atoms with Crippen LogP contribution in [0.15, 0.2) is 65.8 Å². The Morgan fingerprint density at radius 3 is 2.19 bits per heavy atom. The molecular formula is C29H39NOS. The number of carbonyl (C=O) groups is 1. The number of hydrogen-bond donors (Lipinski definition) is 0. The highest BCUT2D eigenvalue weighted by atomic mass is 32.2. The van der Waals surface area contributed by atoms with E-state index in [0.717, 1.165) is 48.4 Å². The smallest absolute Gasteiger partial charge is 0.162 e. The SMILES string of the molecule is C=C(Cc1ccc(CC)cc1)N=C(SC)C(CCCC)CCCC(=O)c1ccc(C)cc1. The van der Waals surface area contributed by atoms with Gasteiger partial charge in [-0.15, -0.1) is 11.8 Å². The maximum absolute atomic E-state index is 12.6. The third-order valence-corrected chi connectivity index (χ3v) is 6.75. The maximum Gasteiger partial charge on any atom is 0.162 e. The molecule has 0 aliphatic heterocycles. The van der Waals surface area contributed by atoms with Crippen molar-refractivity contribution in [2.24, 2.45) is 10.9 Å². The van der Waals surface area contributed by atoms with Crippen LogP contribution in [0.2, 0.25) is 0 Å². The summed E-state index contributed by atoms with van der Waals surface area (Å²) >= 11 is 1.73. The number of nitrogens with zero attached hydrogens (tertiary/aromatic N) is 1. The molecule has 0 bridgehead atoms.